The van der Waals surface area contributed by atoms with Crippen molar-refractivity contribution in [2.45, 2.75) is 38.8 Å². The summed E-state index contributed by atoms with van der Waals surface area (Å²) < 4.78 is 5.17. The van der Waals surface area contributed by atoms with Crippen LogP contribution in [-0.2, 0) is 22.6 Å². The average Bonchev–Trinajstić information content (AvgIpc) is 2.98. The van der Waals surface area contributed by atoms with E-state index in [-0.39, 0.29) is 13.2 Å². The third-order valence-corrected chi connectivity index (χ3v) is 6.70. The summed E-state index contributed by atoms with van der Waals surface area (Å²) in [5.74, 6) is 1.67. The van der Waals surface area contributed by atoms with Gasteiger partial charge < -0.3 is 30.7 Å². The number of aliphatic carboxylic acids is 1. The quantitative estimate of drug-likeness (QED) is 0.273. The zero-order valence-electron chi connectivity index (χ0n) is 22.0. The number of rotatable bonds is 12. The van der Waals surface area contributed by atoms with Gasteiger partial charge in [-0.15, -0.1) is 0 Å². The van der Waals surface area contributed by atoms with E-state index in [4.69, 9.17) is 4.74 Å². The van der Waals surface area contributed by atoms with Gasteiger partial charge in [0.25, 0.3) is 0 Å². The molecule has 1 aliphatic rings. The number of hydrogen-bond donors (Lipinski definition) is 4. The smallest absolute Gasteiger partial charge is 0.408 e. The number of amides is 1. The highest BCUT2D eigenvalue weighted by Gasteiger charge is 2.25. The van der Waals surface area contributed by atoms with Crippen LogP contribution in [0, 0.1) is 5.92 Å². The van der Waals surface area contributed by atoms with Gasteiger partial charge in [-0.2, -0.15) is 0 Å². The zero-order valence-corrected chi connectivity index (χ0v) is 22.0. The number of carboxylic acid groups (broad SMARTS) is 1. The van der Waals surface area contributed by atoms with Crippen molar-refractivity contribution in [2.24, 2.45) is 5.92 Å². The lowest BCUT2D eigenvalue weighted by molar-refractivity contribution is -0.139. The van der Waals surface area contributed by atoms with E-state index in [1.165, 1.54) is 6.33 Å². The normalized spacial score (nSPS) is 14.3. The molecule has 1 aliphatic heterocycles. The maximum Gasteiger partial charge on any atom is 0.408 e. The maximum atomic E-state index is 12.2. The van der Waals surface area contributed by atoms with Crippen molar-refractivity contribution in [2.75, 3.05) is 41.7 Å². The minimum atomic E-state index is -1.20. The van der Waals surface area contributed by atoms with Gasteiger partial charge in [-0.05, 0) is 42.9 Å². The van der Waals surface area contributed by atoms with Gasteiger partial charge in [0.05, 0.1) is 0 Å². The van der Waals surface area contributed by atoms with Gasteiger partial charge in [0, 0.05) is 37.9 Å². The van der Waals surface area contributed by atoms with E-state index in [9.17, 15) is 14.7 Å². The van der Waals surface area contributed by atoms with Gasteiger partial charge in [0.15, 0.2) is 0 Å². The number of carboxylic acids is 1. The summed E-state index contributed by atoms with van der Waals surface area (Å²) in [6.07, 6.45) is 5.18. The highest BCUT2D eigenvalue weighted by atomic mass is 16.5. The second-order valence-electron chi connectivity index (χ2n) is 9.38. The van der Waals surface area contributed by atoms with Crippen LogP contribution in [0.4, 0.5) is 22.2 Å². The van der Waals surface area contributed by atoms with Gasteiger partial charge in [-0.3, -0.25) is 0 Å². The first-order valence-electron chi connectivity index (χ1n) is 13.2. The Bertz CT molecular complexity index is 1210. The lowest BCUT2D eigenvalue weighted by Crippen LogP contribution is -2.45. The van der Waals surface area contributed by atoms with E-state index in [0.29, 0.717) is 18.2 Å². The molecule has 39 heavy (non-hydrogen) atoms. The number of anilines is 3. The number of nitrogens with one attached hydrogen (secondary N) is 3. The molecule has 0 saturated carbocycles. The first kappa shape index (κ1) is 27.6. The molecule has 0 spiro atoms. The summed E-state index contributed by atoms with van der Waals surface area (Å²) in [5, 5.41) is 18.6. The number of aromatic nitrogens is 3. The van der Waals surface area contributed by atoms with E-state index in [1.54, 1.807) is 6.20 Å². The van der Waals surface area contributed by atoms with Gasteiger partial charge >= 0.3 is 12.1 Å². The van der Waals surface area contributed by atoms with Gasteiger partial charge in [-0.25, -0.2) is 24.5 Å². The van der Waals surface area contributed by atoms with Crippen molar-refractivity contribution in [1.29, 1.82) is 0 Å². The Morgan fingerprint density at radius 3 is 2.51 bits per heavy atom. The van der Waals surface area contributed by atoms with E-state index in [1.807, 2.05) is 55.5 Å². The van der Waals surface area contributed by atoms with Gasteiger partial charge in [-0.1, -0.05) is 43.3 Å². The van der Waals surface area contributed by atoms with E-state index in [0.717, 1.165) is 55.2 Å². The van der Waals surface area contributed by atoms with Crippen LogP contribution in [-0.4, -0.2) is 64.3 Å². The fraction of sp³-hybridized carbons (Fsp3) is 0.393. The van der Waals surface area contributed by atoms with Crippen LogP contribution in [0.1, 0.15) is 30.9 Å². The number of alkyl carbamates (subject to hydrolysis) is 1. The topological polar surface area (TPSA) is 142 Å². The second-order valence-corrected chi connectivity index (χ2v) is 9.38. The first-order chi connectivity index (χ1) is 19.0. The Morgan fingerprint density at radius 1 is 1.05 bits per heavy atom. The van der Waals surface area contributed by atoms with Crippen LogP contribution in [0.25, 0.3) is 0 Å². The summed E-state index contributed by atoms with van der Waals surface area (Å²) in [4.78, 5) is 39.5. The molecule has 1 saturated heterocycles. The Labute approximate surface area is 228 Å². The lowest BCUT2D eigenvalue weighted by Gasteiger charge is -2.34. The van der Waals surface area contributed by atoms with Crippen molar-refractivity contribution in [3.05, 3.63) is 72.2 Å². The molecule has 1 aromatic carbocycles. The van der Waals surface area contributed by atoms with Crippen LogP contribution < -0.4 is 20.9 Å². The van der Waals surface area contributed by atoms with Crippen LogP contribution >= 0.6 is 0 Å². The molecule has 11 heteroatoms. The van der Waals surface area contributed by atoms with Crippen LogP contribution in [0.5, 0.6) is 0 Å². The molecule has 4 N–H and O–H groups in total. The molecule has 3 aromatic rings. The van der Waals surface area contributed by atoms with Gasteiger partial charge in [0.1, 0.15) is 36.4 Å². The lowest BCUT2D eigenvalue weighted by atomic mass is 9.96. The van der Waals surface area contributed by atoms with Crippen molar-refractivity contribution in [3.63, 3.8) is 0 Å². The Balaban J connectivity index is 1.30. The largest absolute Gasteiger partial charge is 0.480 e. The second kappa shape index (κ2) is 13.9. The molecular weight excluding hydrogens is 498 g/mol. The van der Waals surface area contributed by atoms with Crippen molar-refractivity contribution in [1.82, 2.24) is 20.3 Å². The summed E-state index contributed by atoms with van der Waals surface area (Å²) in [6.45, 7) is 4.62. The Hall–Kier alpha value is -4.41. The standard InChI is InChI=1S/C28H35N7O4/c1-2-22-25(31-17-23(27(36)37)34-28(38)39-18-21-8-4-3-5-9-21)32-19-33-26(22)35-14-11-20(12-15-35)16-30-24-10-6-7-13-29-24/h3-10,13,19-20,23H,2,11-12,14-18H2,1H3,(H,29,30)(H,34,38)(H,36,37)(H,31,32,33)/t23-/m0/s1. The molecule has 206 valence electrons. The molecule has 1 fully saturated rings. The maximum absolute atomic E-state index is 12.2. The number of ether oxygens (including phenoxy) is 1. The van der Waals surface area contributed by atoms with Gasteiger partial charge in [0.2, 0.25) is 0 Å². The van der Waals surface area contributed by atoms with Crippen LogP contribution in [0.15, 0.2) is 61.1 Å². The molecule has 0 aliphatic carbocycles. The Kier molecular flexibility index (Phi) is 9.87. The molecule has 11 nitrogen and oxygen atoms in total. The third-order valence-electron chi connectivity index (χ3n) is 6.70. The summed E-state index contributed by atoms with van der Waals surface area (Å²) >= 11 is 0. The average molecular weight is 534 g/mol. The monoisotopic (exact) mass is 533 g/mol. The number of carbonyl (C=O) groups excluding carboxylic acids is 1. The number of benzene rings is 1. The number of nitrogens with zero attached hydrogens (tertiary/aromatic N) is 4. The highest BCUT2D eigenvalue weighted by Crippen LogP contribution is 2.28. The van der Waals surface area contributed by atoms with Crippen LogP contribution in [0.2, 0.25) is 0 Å². The molecule has 0 unspecified atom stereocenters. The van der Waals surface area contributed by atoms with E-state index >= 15 is 0 Å². The molecule has 0 bridgehead atoms. The van der Waals surface area contributed by atoms with Crippen molar-refractivity contribution in [3.8, 4) is 0 Å². The SMILES string of the molecule is CCc1c(NC[C@H](NC(=O)OCc2ccccc2)C(=O)O)ncnc1N1CCC(CNc2ccccn2)CC1. The van der Waals surface area contributed by atoms with Crippen molar-refractivity contribution >= 4 is 29.5 Å². The number of piperidine rings is 1. The molecule has 1 amide bonds. The predicted octanol–water partition coefficient (Wildman–Crippen LogP) is 3.55. The molecule has 4 rings (SSSR count). The minimum absolute atomic E-state index is 0.0532. The summed E-state index contributed by atoms with van der Waals surface area (Å²) in [7, 11) is 0. The minimum Gasteiger partial charge on any atom is -0.480 e. The molecule has 3 heterocycles. The van der Waals surface area contributed by atoms with Crippen LogP contribution in [0.3, 0.4) is 0 Å². The molecular formula is C28H35N7O4. The molecule has 0 radical (unpaired) electrons. The van der Waals surface area contributed by atoms with Crippen molar-refractivity contribution < 1.29 is 19.4 Å². The van der Waals surface area contributed by atoms with E-state index < -0.39 is 18.1 Å². The Morgan fingerprint density at radius 2 is 1.82 bits per heavy atom. The third kappa shape index (κ3) is 8.03. The summed E-state index contributed by atoms with van der Waals surface area (Å²) in [6, 6.07) is 13.8. The van der Waals surface area contributed by atoms with E-state index in [2.05, 4.69) is 35.8 Å². The fourth-order valence-corrected chi connectivity index (χ4v) is 4.52. The molecule has 2 aromatic heterocycles. The number of carbonyl (C=O) groups is 2. The number of hydrogen-bond acceptors (Lipinski definition) is 9. The highest BCUT2D eigenvalue weighted by molar-refractivity contribution is 5.80. The summed E-state index contributed by atoms with van der Waals surface area (Å²) in [5.41, 5.74) is 1.73. The number of pyridine rings is 1. The predicted molar refractivity (Wildman–Crippen MR) is 149 cm³/mol. The fourth-order valence-electron chi connectivity index (χ4n) is 4.52. The zero-order chi connectivity index (χ0) is 27.5. The molecule has 1 atom stereocenters. The first-order valence-corrected chi connectivity index (χ1v) is 13.2.